The summed E-state index contributed by atoms with van der Waals surface area (Å²) in [7, 11) is 0. The van der Waals surface area contributed by atoms with Gasteiger partial charge in [-0.2, -0.15) is 0 Å². The topological polar surface area (TPSA) is 86.6 Å². The van der Waals surface area contributed by atoms with Gasteiger partial charge in [0.2, 0.25) is 5.91 Å². The van der Waals surface area contributed by atoms with Crippen LogP contribution < -0.4 is 5.48 Å². The molecule has 0 unspecified atom stereocenters. The minimum atomic E-state index is -0.666. The average Bonchev–Trinajstić information content (AvgIpc) is 2.71. The number of unbranched alkanes of at least 4 members (excludes halogenated alkanes) is 19. The van der Waals surface area contributed by atoms with Gasteiger partial charge in [-0.25, -0.2) is 5.48 Å². The number of hydrogen-bond acceptors (Lipinski definition) is 3. The molecule has 0 aromatic rings. The molecule has 0 aliphatic heterocycles. The highest BCUT2D eigenvalue weighted by atomic mass is 16.5. The molecule has 0 bridgehead atoms. The minimum Gasteiger partial charge on any atom is -0.481 e. The molecule has 0 rings (SSSR count). The van der Waals surface area contributed by atoms with Crippen molar-refractivity contribution in [3.8, 4) is 0 Å². The number of amides is 1. The molecule has 0 fully saturated rings. The third-order valence-electron chi connectivity index (χ3n) is 5.67. The molecule has 0 radical (unpaired) electrons. The molecule has 0 aliphatic rings. The van der Waals surface area contributed by atoms with E-state index in [1.54, 1.807) is 5.48 Å². The summed E-state index contributed by atoms with van der Waals surface area (Å²) in [6.07, 6.45) is 25.9. The zero-order valence-corrected chi connectivity index (χ0v) is 18.8. The molecule has 0 saturated carbocycles. The monoisotopic (exact) mass is 413 g/mol. The summed E-state index contributed by atoms with van der Waals surface area (Å²) in [5, 5.41) is 17.0. The molecule has 5 heteroatoms. The number of hydrogen-bond donors (Lipinski definition) is 3. The Bertz CT molecular complexity index is 374. The quantitative estimate of drug-likeness (QED) is 0.0942. The molecule has 0 aromatic heterocycles. The Kier molecular flexibility index (Phi) is 22.3. The molecule has 0 spiro atoms. The highest BCUT2D eigenvalue weighted by Gasteiger charge is 1.99. The van der Waals surface area contributed by atoms with Gasteiger partial charge < -0.3 is 5.11 Å². The second-order valence-electron chi connectivity index (χ2n) is 8.50. The molecule has 0 saturated heterocycles. The summed E-state index contributed by atoms with van der Waals surface area (Å²) in [6.45, 7) is 0. The third-order valence-corrected chi connectivity index (χ3v) is 5.67. The number of aliphatic carboxylic acids is 1. The van der Waals surface area contributed by atoms with E-state index in [4.69, 9.17) is 10.3 Å². The maximum absolute atomic E-state index is 10.9. The summed E-state index contributed by atoms with van der Waals surface area (Å²) >= 11 is 0. The van der Waals surface area contributed by atoms with Gasteiger partial charge in [-0.3, -0.25) is 14.8 Å². The lowest BCUT2D eigenvalue weighted by atomic mass is 10.0. The van der Waals surface area contributed by atoms with Gasteiger partial charge in [0.1, 0.15) is 0 Å². The Hall–Kier alpha value is -1.10. The maximum atomic E-state index is 10.9. The van der Waals surface area contributed by atoms with Crippen molar-refractivity contribution in [2.75, 3.05) is 0 Å². The van der Waals surface area contributed by atoms with Gasteiger partial charge in [0.05, 0.1) is 0 Å². The van der Waals surface area contributed by atoms with Crippen molar-refractivity contribution in [3.05, 3.63) is 0 Å². The first kappa shape index (κ1) is 27.9. The van der Waals surface area contributed by atoms with E-state index in [0.29, 0.717) is 12.8 Å². The number of carbonyl (C=O) groups excluding carboxylic acids is 1. The van der Waals surface area contributed by atoms with Crippen LogP contribution in [0.2, 0.25) is 0 Å². The molecule has 172 valence electrons. The van der Waals surface area contributed by atoms with Crippen LogP contribution in [0, 0.1) is 0 Å². The van der Waals surface area contributed by atoms with Crippen molar-refractivity contribution in [3.63, 3.8) is 0 Å². The highest BCUT2D eigenvalue weighted by molar-refractivity contribution is 5.74. The van der Waals surface area contributed by atoms with E-state index >= 15 is 0 Å². The number of nitrogens with one attached hydrogen (secondary N) is 1. The molecule has 0 aromatic carbocycles. The standard InChI is InChI=1S/C24H47NO4/c26-23(25-29)21-19-17-15-13-11-9-7-5-3-1-2-4-6-8-10-12-14-16-18-20-22-24(27)28/h29H,1-22H2,(H,25,26)(H,27,28). The molecule has 0 aliphatic carbocycles. The largest absolute Gasteiger partial charge is 0.481 e. The first-order chi connectivity index (χ1) is 14.2. The van der Waals surface area contributed by atoms with Gasteiger partial charge in [-0.05, 0) is 12.8 Å². The second kappa shape index (κ2) is 23.2. The third kappa shape index (κ3) is 24.9. The van der Waals surface area contributed by atoms with E-state index in [2.05, 4.69) is 0 Å². The molecule has 5 nitrogen and oxygen atoms in total. The second-order valence-corrected chi connectivity index (χ2v) is 8.50. The number of carboxylic acid groups (broad SMARTS) is 1. The van der Waals surface area contributed by atoms with E-state index in [1.807, 2.05) is 0 Å². The smallest absolute Gasteiger partial charge is 0.303 e. The predicted molar refractivity (Wildman–Crippen MR) is 119 cm³/mol. The molecule has 29 heavy (non-hydrogen) atoms. The van der Waals surface area contributed by atoms with Crippen LogP contribution in [0.1, 0.15) is 141 Å². The van der Waals surface area contributed by atoms with Crippen LogP contribution in [0.3, 0.4) is 0 Å². The molecule has 0 atom stereocenters. The van der Waals surface area contributed by atoms with Crippen molar-refractivity contribution >= 4 is 11.9 Å². The fourth-order valence-electron chi connectivity index (χ4n) is 3.80. The fraction of sp³-hybridized carbons (Fsp3) is 0.917. The van der Waals surface area contributed by atoms with Gasteiger partial charge in [0.15, 0.2) is 0 Å². The van der Waals surface area contributed by atoms with E-state index in [9.17, 15) is 9.59 Å². The Morgan fingerprint density at radius 3 is 0.931 bits per heavy atom. The normalized spacial score (nSPS) is 10.9. The van der Waals surface area contributed by atoms with E-state index in [0.717, 1.165) is 25.7 Å². The van der Waals surface area contributed by atoms with Crippen LogP contribution in [-0.4, -0.2) is 22.2 Å². The average molecular weight is 414 g/mol. The summed E-state index contributed by atoms with van der Waals surface area (Å²) in [5.41, 5.74) is 1.68. The van der Waals surface area contributed by atoms with Crippen molar-refractivity contribution < 1.29 is 19.9 Å². The summed E-state index contributed by atoms with van der Waals surface area (Å²) in [5.74, 6) is -0.937. The molecule has 0 heterocycles. The first-order valence-electron chi connectivity index (χ1n) is 12.3. The Morgan fingerprint density at radius 2 is 0.690 bits per heavy atom. The van der Waals surface area contributed by atoms with Crippen LogP contribution in [0.4, 0.5) is 0 Å². The number of hydroxylamine groups is 1. The SMILES string of the molecule is O=C(O)CCCCCCCCCCCCCCCCCCCCCCC(=O)NO. The van der Waals surface area contributed by atoms with E-state index < -0.39 is 5.97 Å². The Labute approximate surface area is 179 Å². The van der Waals surface area contributed by atoms with Crippen LogP contribution >= 0.6 is 0 Å². The summed E-state index contributed by atoms with van der Waals surface area (Å²) in [4.78, 5) is 21.3. The lowest BCUT2D eigenvalue weighted by Gasteiger charge is -2.04. The maximum Gasteiger partial charge on any atom is 0.303 e. The predicted octanol–water partition coefficient (Wildman–Crippen LogP) is 7.16. The van der Waals surface area contributed by atoms with Crippen LogP contribution in [0.25, 0.3) is 0 Å². The lowest BCUT2D eigenvalue weighted by Crippen LogP contribution is -2.17. The molecule has 1 amide bonds. The number of rotatable bonds is 23. The number of carboxylic acids is 1. The Morgan fingerprint density at radius 1 is 0.448 bits per heavy atom. The zero-order chi connectivity index (χ0) is 21.4. The fourth-order valence-corrected chi connectivity index (χ4v) is 3.80. The van der Waals surface area contributed by atoms with Crippen LogP contribution in [0.5, 0.6) is 0 Å². The van der Waals surface area contributed by atoms with Crippen LogP contribution in [-0.2, 0) is 9.59 Å². The molecular formula is C24H47NO4. The van der Waals surface area contributed by atoms with Gasteiger partial charge in [0, 0.05) is 12.8 Å². The number of carbonyl (C=O) groups is 2. The molecule has 3 N–H and O–H groups in total. The zero-order valence-electron chi connectivity index (χ0n) is 18.8. The van der Waals surface area contributed by atoms with Gasteiger partial charge in [0.25, 0.3) is 0 Å². The minimum absolute atomic E-state index is 0.272. The lowest BCUT2D eigenvalue weighted by molar-refractivity contribution is -0.137. The Balaban J connectivity index is 3.03. The van der Waals surface area contributed by atoms with Crippen molar-refractivity contribution in [2.45, 2.75) is 141 Å². The highest BCUT2D eigenvalue weighted by Crippen LogP contribution is 2.15. The van der Waals surface area contributed by atoms with Crippen molar-refractivity contribution in [1.82, 2.24) is 5.48 Å². The van der Waals surface area contributed by atoms with Gasteiger partial charge in [-0.1, -0.05) is 116 Å². The van der Waals surface area contributed by atoms with Crippen LogP contribution in [0.15, 0.2) is 0 Å². The van der Waals surface area contributed by atoms with E-state index in [1.165, 1.54) is 103 Å². The van der Waals surface area contributed by atoms with Gasteiger partial charge in [-0.15, -0.1) is 0 Å². The van der Waals surface area contributed by atoms with Gasteiger partial charge >= 0.3 is 5.97 Å². The summed E-state index contributed by atoms with van der Waals surface area (Å²) in [6, 6.07) is 0. The summed E-state index contributed by atoms with van der Waals surface area (Å²) < 4.78 is 0. The first-order valence-corrected chi connectivity index (χ1v) is 12.3. The van der Waals surface area contributed by atoms with Crippen molar-refractivity contribution in [2.24, 2.45) is 0 Å². The molecular weight excluding hydrogens is 366 g/mol. The van der Waals surface area contributed by atoms with Crippen molar-refractivity contribution in [1.29, 1.82) is 0 Å². The van der Waals surface area contributed by atoms with E-state index in [-0.39, 0.29) is 5.91 Å².